The zero-order valence-electron chi connectivity index (χ0n) is 21.1. The quantitative estimate of drug-likeness (QED) is 0.583. The minimum atomic E-state index is -3.02. The van der Waals surface area contributed by atoms with Crippen molar-refractivity contribution in [3.8, 4) is 17.0 Å². The van der Waals surface area contributed by atoms with E-state index in [-0.39, 0.29) is 41.0 Å². The summed E-state index contributed by atoms with van der Waals surface area (Å²) in [5.41, 5.74) is 1.51. The minimum absolute atomic E-state index is 0.0508. The Morgan fingerprint density at radius 3 is 2.62 bits per heavy atom. The Hall–Kier alpha value is -3.30. The van der Waals surface area contributed by atoms with Crippen molar-refractivity contribution in [1.82, 2.24) is 20.0 Å². The summed E-state index contributed by atoms with van der Waals surface area (Å²) in [5, 5.41) is 7.78. The summed E-state index contributed by atoms with van der Waals surface area (Å²) in [6, 6.07) is 3.45. The van der Waals surface area contributed by atoms with Crippen LogP contribution in [0.2, 0.25) is 0 Å². The van der Waals surface area contributed by atoms with Gasteiger partial charge in [0.05, 0.1) is 17.8 Å². The summed E-state index contributed by atoms with van der Waals surface area (Å²) in [6.07, 6.45) is 6.94. The van der Waals surface area contributed by atoms with E-state index in [1.165, 1.54) is 6.07 Å². The molecule has 0 saturated heterocycles. The van der Waals surface area contributed by atoms with Crippen LogP contribution in [0.1, 0.15) is 57.3 Å². The van der Waals surface area contributed by atoms with Crippen LogP contribution in [0.3, 0.4) is 0 Å². The lowest BCUT2D eigenvalue weighted by atomic mass is 9.84. The Morgan fingerprint density at radius 2 is 1.95 bits per heavy atom. The Balaban J connectivity index is 1.35. The molecule has 2 aliphatic carbocycles. The molecule has 0 bridgehead atoms. The predicted molar refractivity (Wildman–Crippen MR) is 130 cm³/mol. The SMILES string of the molecule is CC(C)n1nc(-c2cc(OC(F)F)ccc2F)c2c1C[C@H](C(=O)NC1(C)C=CN(C(=O)C3CC3)C1)CC2. The highest BCUT2D eigenvalue weighted by Crippen LogP contribution is 2.38. The first-order valence-corrected chi connectivity index (χ1v) is 12.7. The van der Waals surface area contributed by atoms with Gasteiger partial charge < -0.3 is 15.0 Å². The number of nitrogens with zero attached hydrogens (tertiary/aromatic N) is 3. The van der Waals surface area contributed by atoms with Gasteiger partial charge in [0.1, 0.15) is 11.6 Å². The third kappa shape index (κ3) is 5.10. The first-order valence-electron chi connectivity index (χ1n) is 12.7. The number of hydrogen-bond acceptors (Lipinski definition) is 4. The van der Waals surface area contributed by atoms with E-state index >= 15 is 0 Å². The summed E-state index contributed by atoms with van der Waals surface area (Å²) in [7, 11) is 0. The molecule has 5 rings (SSSR count). The van der Waals surface area contributed by atoms with Crippen LogP contribution in [0.25, 0.3) is 11.3 Å². The molecule has 10 heteroatoms. The number of halogens is 3. The molecule has 37 heavy (non-hydrogen) atoms. The highest BCUT2D eigenvalue weighted by molar-refractivity contribution is 5.84. The van der Waals surface area contributed by atoms with Crippen molar-refractivity contribution in [2.75, 3.05) is 6.54 Å². The van der Waals surface area contributed by atoms with E-state index in [1.807, 2.05) is 26.8 Å². The van der Waals surface area contributed by atoms with Crippen LogP contribution in [0.15, 0.2) is 30.5 Å². The average Bonchev–Trinajstić information content (AvgIpc) is 3.52. The van der Waals surface area contributed by atoms with Crippen molar-refractivity contribution in [2.24, 2.45) is 11.8 Å². The fraction of sp³-hybridized carbons (Fsp3) is 0.519. The molecule has 2 amide bonds. The largest absolute Gasteiger partial charge is 0.435 e. The zero-order chi connectivity index (χ0) is 26.5. The average molecular weight is 517 g/mol. The molecule has 3 aliphatic rings. The predicted octanol–water partition coefficient (Wildman–Crippen LogP) is 4.62. The van der Waals surface area contributed by atoms with E-state index in [4.69, 9.17) is 0 Å². The summed E-state index contributed by atoms with van der Waals surface area (Å²) < 4.78 is 46.5. The molecule has 1 aromatic carbocycles. The maximum Gasteiger partial charge on any atom is 0.387 e. The zero-order valence-corrected chi connectivity index (χ0v) is 21.1. The number of nitrogens with one attached hydrogen (secondary N) is 1. The Labute approximate surface area is 213 Å². The molecule has 1 fully saturated rings. The number of alkyl halides is 2. The molecule has 2 aromatic rings. The number of rotatable bonds is 7. The van der Waals surface area contributed by atoms with E-state index < -0.39 is 18.0 Å². The second-order valence-electron chi connectivity index (χ2n) is 10.7. The summed E-state index contributed by atoms with van der Waals surface area (Å²) >= 11 is 0. The van der Waals surface area contributed by atoms with Crippen molar-refractivity contribution >= 4 is 11.8 Å². The lowest BCUT2D eigenvalue weighted by Crippen LogP contribution is -2.51. The Kier molecular flexibility index (Phi) is 6.53. The minimum Gasteiger partial charge on any atom is -0.435 e. The number of amides is 2. The van der Waals surface area contributed by atoms with Gasteiger partial charge in [0, 0.05) is 47.3 Å². The van der Waals surface area contributed by atoms with E-state index in [1.54, 1.807) is 15.8 Å². The van der Waals surface area contributed by atoms with Gasteiger partial charge in [0.25, 0.3) is 0 Å². The molecule has 198 valence electrons. The van der Waals surface area contributed by atoms with Crippen LogP contribution in [0.5, 0.6) is 5.75 Å². The highest BCUT2D eigenvalue weighted by Gasteiger charge is 2.40. The molecule has 1 saturated carbocycles. The maximum absolute atomic E-state index is 14.8. The highest BCUT2D eigenvalue weighted by atomic mass is 19.3. The molecule has 2 atom stereocenters. The normalized spacial score (nSPS) is 23.0. The third-order valence-corrected chi connectivity index (χ3v) is 7.32. The van der Waals surface area contributed by atoms with Gasteiger partial charge in [0.15, 0.2) is 0 Å². The van der Waals surface area contributed by atoms with Gasteiger partial charge in [-0.2, -0.15) is 13.9 Å². The second kappa shape index (κ2) is 9.54. The number of fused-ring (bicyclic) bond motifs is 1. The van der Waals surface area contributed by atoms with Crippen LogP contribution in [0.4, 0.5) is 13.2 Å². The summed E-state index contributed by atoms with van der Waals surface area (Å²) in [4.78, 5) is 27.4. The summed E-state index contributed by atoms with van der Waals surface area (Å²) in [6.45, 7) is 3.20. The van der Waals surface area contributed by atoms with Crippen LogP contribution in [0, 0.1) is 17.7 Å². The van der Waals surface area contributed by atoms with Gasteiger partial charge in [-0.25, -0.2) is 4.39 Å². The van der Waals surface area contributed by atoms with Crippen molar-refractivity contribution in [3.05, 3.63) is 47.5 Å². The van der Waals surface area contributed by atoms with Gasteiger partial charge in [0.2, 0.25) is 11.8 Å². The second-order valence-corrected chi connectivity index (χ2v) is 10.7. The summed E-state index contributed by atoms with van der Waals surface area (Å²) in [5.74, 6) is -0.915. The smallest absolute Gasteiger partial charge is 0.387 e. The van der Waals surface area contributed by atoms with Gasteiger partial charge in [-0.1, -0.05) is 0 Å². The Bertz CT molecular complexity index is 1250. The van der Waals surface area contributed by atoms with E-state index in [9.17, 15) is 22.8 Å². The van der Waals surface area contributed by atoms with Gasteiger partial charge in [-0.05, 0) is 70.7 Å². The van der Waals surface area contributed by atoms with E-state index in [2.05, 4.69) is 15.2 Å². The van der Waals surface area contributed by atoms with Crippen LogP contribution in [-0.2, 0) is 22.4 Å². The molecular weight excluding hydrogens is 485 g/mol. The van der Waals surface area contributed by atoms with Crippen molar-refractivity contribution < 1.29 is 27.5 Å². The molecule has 0 spiro atoms. The molecule has 1 N–H and O–H groups in total. The van der Waals surface area contributed by atoms with Gasteiger partial charge in [-0.15, -0.1) is 0 Å². The lowest BCUT2D eigenvalue weighted by molar-refractivity contribution is -0.131. The van der Waals surface area contributed by atoms with Gasteiger partial charge in [-0.3, -0.25) is 14.3 Å². The first kappa shape index (κ1) is 25.4. The van der Waals surface area contributed by atoms with Crippen LogP contribution < -0.4 is 10.1 Å². The number of hydrogen-bond donors (Lipinski definition) is 1. The van der Waals surface area contributed by atoms with Crippen molar-refractivity contribution in [2.45, 2.75) is 71.1 Å². The molecule has 1 aromatic heterocycles. The van der Waals surface area contributed by atoms with E-state index in [0.717, 1.165) is 36.2 Å². The number of benzene rings is 1. The Morgan fingerprint density at radius 1 is 1.19 bits per heavy atom. The topological polar surface area (TPSA) is 76.5 Å². The number of carbonyl (C=O) groups is 2. The molecule has 0 radical (unpaired) electrons. The molecular formula is C27H31F3N4O3. The number of ether oxygens (including phenoxy) is 1. The number of aromatic nitrogens is 2. The van der Waals surface area contributed by atoms with Crippen LogP contribution >= 0.6 is 0 Å². The van der Waals surface area contributed by atoms with Crippen molar-refractivity contribution in [1.29, 1.82) is 0 Å². The van der Waals surface area contributed by atoms with Gasteiger partial charge >= 0.3 is 6.61 Å². The molecule has 2 heterocycles. The van der Waals surface area contributed by atoms with E-state index in [0.29, 0.717) is 31.5 Å². The van der Waals surface area contributed by atoms with Crippen molar-refractivity contribution in [3.63, 3.8) is 0 Å². The van der Waals surface area contributed by atoms with Crippen LogP contribution in [-0.4, -0.2) is 45.2 Å². The third-order valence-electron chi connectivity index (χ3n) is 7.32. The number of carbonyl (C=O) groups excluding carboxylic acids is 2. The first-order chi connectivity index (χ1) is 17.5. The molecule has 7 nitrogen and oxygen atoms in total. The molecule has 1 aliphatic heterocycles. The fourth-order valence-electron chi connectivity index (χ4n) is 5.26. The lowest BCUT2D eigenvalue weighted by Gasteiger charge is -2.30. The maximum atomic E-state index is 14.8. The standard InChI is InChI=1S/C27H31F3N4O3/c1-15(2)34-22-12-17(24(35)31-27(3)10-11-33(14-27)25(36)16-4-5-16)6-8-19(22)23(32-34)20-13-18(37-26(29)30)7-9-21(20)28/h7,9-11,13,15-17,26H,4-6,8,12,14H2,1-3H3,(H,31,35)/t17-,27?/m1/s1. The fourth-order valence-corrected chi connectivity index (χ4v) is 5.26. The molecule has 1 unspecified atom stereocenters. The monoisotopic (exact) mass is 516 g/mol.